The summed E-state index contributed by atoms with van der Waals surface area (Å²) in [4.78, 5) is 35.3. The average molecular weight is 388 g/mol. The lowest BCUT2D eigenvalue weighted by Gasteiger charge is -2.12. The Bertz CT molecular complexity index is 867. The van der Waals surface area contributed by atoms with Gasteiger partial charge in [-0.05, 0) is 11.6 Å². The minimum absolute atomic E-state index is 0.00352. The molecule has 0 bridgehead atoms. The fourth-order valence-electron chi connectivity index (χ4n) is 2.03. The summed E-state index contributed by atoms with van der Waals surface area (Å²) >= 11 is 5.49. The standard InChI is InChI=1S/C16H13ClF3N3O3/c17-12-7-11(16(18,19)20)8-23(15(12)26)9-14(25)22-21-13(24)6-10-4-2-1-3-5-10/h1-5,7-8H,6,9H2,(H,21,24)(H,22,25). The van der Waals surface area contributed by atoms with Gasteiger partial charge in [-0.1, -0.05) is 41.9 Å². The molecule has 26 heavy (non-hydrogen) atoms. The molecule has 0 aliphatic heterocycles. The first kappa shape index (κ1) is 19.5. The lowest BCUT2D eigenvalue weighted by Crippen LogP contribution is -2.44. The normalized spacial score (nSPS) is 11.1. The molecule has 2 N–H and O–H groups in total. The lowest BCUT2D eigenvalue weighted by atomic mass is 10.1. The van der Waals surface area contributed by atoms with Gasteiger partial charge < -0.3 is 4.57 Å². The van der Waals surface area contributed by atoms with Crippen LogP contribution in [-0.2, 0) is 28.7 Å². The maximum absolute atomic E-state index is 12.7. The number of carbonyl (C=O) groups excluding carboxylic acids is 2. The predicted octanol–water partition coefficient (Wildman–Crippen LogP) is 1.91. The second-order valence-corrected chi connectivity index (χ2v) is 5.67. The first-order valence-electron chi connectivity index (χ1n) is 7.25. The summed E-state index contributed by atoms with van der Waals surface area (Å²) in [6, 6.07) is 9.17. The highest BCUT2D eigenvalue weighted by molar-refractivity contribution is 6.30. The van der Waals surface area contributed by atoms with E-state index in [4.69, 9.17) is 11.6 Å². The summed E-state index contributed by atoms with van der Waals surface area (Å²) in [5.41, 5.74) is 2.75. The van der Waals surface area contributed by atoms with E-state index in [-0.39, 0.29) is 6.42 Å². The molecule has 10 heteroatoms. The number of nitrogens with zero attached hydrogens (tertiary/aromatic N) is 1. The number of halogens is 4. The van der Waals surface area contributed by atoms with Crippen LogP contribution in [0.25, 0.3) is 0 Å². The van der Waals surface area contributed by atoms with Crippen LogP contribution in [0.1, 0.15) is 11.1 Å². The molecule has 0 saturated carbocycles. The van der Waals surface area contributed by atoms with Crippen LogP contribution in [-0.4, -0.2) is 16.4 Å². The van der Waals surface area contributed by atoms with Gasteiger partial charge in [-0.15, -0.1) is 0 Å². The Balaban J connectivity index is 1.98. The summed E-state index contributed by atoms with van der Waals surface area (Å²) in [6.07, 6.45) is -4.24. The van der Waals surface area contributed by atoms with Gasteiger partial charge in [-0.3, -0.25) is 25.2 Å². The molecule has 0 atom stereocenters. The van der Waals surface area contributed by atoms with Gasteiger partial charge in [0, 0.05) is 6.20 Å². The maximum atomic E-state index is 12.7. The summed E-state index contributed by atoms with van der Waals surface area (Å²) < 4.78 is 38.8. The third-order valence-electron chi connectivity index (χ3n) is 3.23. The molecule has 2 aromatic rings. The quantitative estimate of drug-likeness (QED) is 0.786. The van der Waals surface area contributed by atoms with Gasteiger partial charge in [0.15, 0.2) is 0 Å². The van der Waals surface area contributed by atoms with Crippen molar-refractivity contribution in [3.63, 3.8) is 0 Å². The molecular weight excluding hydrogens is 375 g/mol. The SMILES string of the molecule is O=C(Cc1ccccc1)NNC(=O)Cn1cc(C(F)(F)F)cc(Cl)c1=O. The monoisotopic (exact) mass is 387 g/mol. The van der Waals surface area contributed by atoms with Gasteiger partial charge in [-0.25, -0.2) is 0 Å². The maximum Gasteiger partial charge on any atom is 0.417 e. The number of alkyl halides is 3. The highest BCUT2D eigenvalue weighted by Crippen LogP contribution is 2.29. The van der Waals surface area contributed by atoms with Crippen molar-refractivity contribution in [3.8, 4) is 0 Å². The van der Waals surface area contributed by atoms with Gasteiger partial charge in [-0.2, -0.15) is 13.2 Å². The van der Waals surface area contributed by atoms with E-state index in [1.165, 1.54) is 0 Å². The molecular formula is C16H13ClF3N3O3. The molecule has 2 amide bonds. The smallest absolute Gasteiger partial charge is 0.304 e. The third-order valence-corrected chi connectivity index (χ3v) is 3.50. The van der Waals surface area contributed by atoms with Gasteiger partial charge in [0.2, 0.25) is 5.91 Å². The summed E-state index contributed by atoms with van der Waals surface area (Å²) in [5.74, 6) is -1.41. The van der Waals surface area contributed by atoms with E-state index >= 15 is 0 Å². The predicted molar refractivity (Wildman–Crippen MR) is 87.1 cm³/mol. The Morgan fingerprint density at radius 3 is 2.31 bits per heavy atom. The van der Waals surface area contributed by atoms with Crippen molar-refractivity contribution < 1.29 is 22.8 Å². The Labute approximate surface area is 150 Å². The van der Waals surface area contributed by atoms with Crippen LogP contribution in [0.4, 0.5) is 13.2 Å². The van der Waals surface area contributed by atoms with Crippen molar-refractivity contribution in [2.45, 2.75) is 19.1 Å². The zero-order valence-corrected chi connectivity index (χ0v) is 13.9. The Kier molecular flexibility index (Phi) is 6.04. The van der Waals surface area contributed by atoms with Crippen molar-refractivity contribution in [2.24, 2.45) is 0 Å². The van der Waals surface area contributed by atoms with Crippen molar-refractivity contribution in [1.29, 1.82) is 0 Å². The molecule has 0 fully saturated rings. The lowest BCUT2D eigenvalue weighted by molar-refractivity contribution is -0.138. The molecule has 0 aliphatic carbocycles. The van der Waals surface area contributed by atoms with Crippen molar-refractivity contribution >= 4 is 23.4 Å². The van der Waals surface area contributed by atoms with Gasteiger partial charge >= 0.3 is 6.18 Å². The fraction of sp³-hybridized carbons (Fsp3) is 0.188. The number of hydrazine groups is 1. The molecule has 1 heterocycles. The zero-order chi connectivity index (χ0) is 19.3. The van der Waals surface area contributed by atoms with Crippen LogP contribution in [0, 0.1) is 0 Å². The van der Waals surface area contributed by atoms with E-state index < -0.39 is 40.7 Å². The molecule has 1 aromatic heterocycles. The molecule has 0 aliphatic rings. The van der Waals surface area contributed by atoms with Crippen molar-refractivity contribution in [2.75, 3.05) is 0 Å². The largest absolute Gasteiger partial charge is 0.417 e. The van der Waals surface area contributed by atoms with E-state index in [0.717, 1.165) is 0 Å². The molecule has 1 aromatic carbocycles. The number of pyridine rings is 1. The van der Waals surface area contributed by atoms with Crippen LogP contribution in [0.3, 0.4) is 0 Å². The Hall–Kier alpha value is -2.81. The summed E-state index contributed by atoms with van der Waals surface area (Å²) in [6.45, 7) is -0.742. The molecule has 0 radical (unpaired) electrons. The number of rotatable bonds is 4. The van der Waals surface area contributed by atoms with Crippen molar-refractivity contribution in [3.05, 3.63) is 69.1 Å². The molecule has 6 nitrogen and oxygen atoms in total. The average Bonchev–Trinajstić information content (AvgIpc) is 2.57. The first-order chi connectivity index (χ1) is 12.2. The minimum Gasteiger partial charge on any atom is -0.304 e. The Morgan fingerprint density at radius 1 is 1.08 bits per heavy atom. The molecule has 0 saturated heterocycles. The number of carbonyl (C=O) groups is 2. The molecule has 0 spiro atoms. The number of hydrogen-bond acceptors (Lipinski definition) is 3. The van der Waals surface area contributed by atoms with E-state index in [9.17, 15) is 27.6 Å². The highest BCUT2D eigenvalue weighted by atomic mass is 35.5. The minimum atomic E-state index is -4.72. The number of hydrogen-bond donors (Lipinski definition) is 2. The zero-order valence-electron chi connectivity index (χ0n) is 13.1. The fourth-order valence-corrected chi connectivity index (χ4v) is 2.26. The molecule has 138 valence electrons. The van der Waals surface area contributed by atoms with E-state index in [2.05, 4.69) is 5.43 Å². The van der Waals surface area contributed by atoms with Crippen molar-refractivity contribution in [1.82, 2.24) is 15.4 Å². The molecule has 0 unspecified atom stereocenters. The van der Waals surface area contributed by atoms with E-state index in [1.807, 2.05) is 5.43 Å². The summed E-state index contributed by atoms with van der Waals surface area (Å²) in [5, 5.41) is -0.666. The van der Waals surface area contributed by atoms with Crippen LogP contribution in [0.5, 0.6) is 0 Å². The van der Waals surface area contributed by atoms with Crippen LogP contribution >= 0.6 is 11.6 Å². The first-order valence-corrected chi connectivity index (χ1v) is 7.63. The molecule has 2 rings (SSSR count). The van der Waals surface area contributed by atoms with Gasteiger partial charge in [0.05, 0.1) is 12.0 Å². The number of benzene rings is 1. The summed E-state index contributed by atoms with van der Waals surface area (Å²) in [7, 11) is 0. The number of nitrogens with one attached hydrogen (secondary N) is 2. The van der Waals surface area contributed by atoms with Crippen LogP contribution in [0.2, 0.25) is 5.02 Å². The number of aromatic nitrogens is 1. The second kappa shape index (κ2) is 8.05. The number of amides is 2. The Morgan fingerprint density at radius 2 is 1.69 bits per heavy atom. The topological polar surface area (TPSA) is 80.2 Å². The van der Waals surface area contributed by atoms with Gasteiger partial charge in [0.1, 0.15) is 11.6 Å². The third kappa shape index (κ3) is 5.35. The van der Waals surface area contributed by atoms with Crippen LogP contribution < -0.4 is 16.4 Å². The van der Waals surface area contributed by atoms with E-state index in [1.54, 1.807) is 30.3 Å². The second-order valence-electron chi connectivity index (χ2n) is 5.27. The van der Waals surface area contributed by atoms with E-state index in [0.29, 0.717) is 22.4 Å². The highest BCUT2D eigenvalue weighted by Gasteiger charge is 2.32. The van der Waals surface area contributed by atoms with Gasteiger partial charge in [0.25, 0.3) is 11.5 Å². The van der Waals surface area contributed by atoms with Crippen LogP contribution in [0.15, 0.2) is 47.4 Å².